The second kappa shape index (κ2) is 6.77. The van der Waals surface area contributed by atoms with E-state index in [9.17, 15) is 4.79 Å². The second-order valence-corrected chi connectivity index (χ2v) is 7.38. The average Bonchev–Trinajstić information content (AvgIpc) is 3.22. The molecule has 0 radical (unpaired) electrons. The SMILES string of the molecule is Cc1ccc2c(C)nc(Nc3ncc4c(n3)C[C@H](c3ccco3)CC4=O)nc2c1. The second-order valence-electron chi connectivity index (χ2n) is 7.38. The molecule has 0 saturated carbocycles. The molecule has 7 nitrogen and oxygen atoms in total. The summed E-state index contributed by atoms with van der Waals surface area (Å²) in [5.41, 5.74) is 4.17. The summed E-state index contributed by atoms with van der Waals surface area (Å²) in [6, 6.07) is 9.83. The summed E-state index contributed by atoms with van der Waals surface area (Å²) < 4.78 is 5.49. The van der Waals surface area contributed by atoms with Crippen molar-refractivity contribution in [2.75, 3.05) is 5.32 Å². The van der Waals surface area contributed by atoms with E-state index >= 15 is 0 Å². The maximum atomic E-state index is 12.5. The van der Waals surface area contributed by atoms with Gasteiger partial charge in [-0.25, -0.2) is 19.9 Å². The maximum absolute atomic E-state index is 12.5. The summed E-state index contributed by atoms with van der Waals surface area (Å²) in [7, 11) is 0. The van der Waals surface area contributed by atoms with E-state index in [-0.39, 0.29) is 11.7 Å². The number of hydrogen-bond acceptors (Lipinski definition) is 7. The Kier molecular flexibility index (Phi) is 4.08. The van der Waals surface area contributed by atoms with Crippen LogP contribution in [0.4, 0.5) is 11.9 Å². The minimum atomic E-state index is -0.00473. The van der Waals surface area contributed by atoms with Crippen molar-refractivity contribution in [1.82, 2.24) is 19.9 Å². The predicted octanol–water partition coefficient (Wildman–Crippen LogP) is 4.29. The lowest BCUT2D eigenvalue weighted by atomic mass is 9.85. The van der Waals surface area contributed by atoms with Crippen LogP contribution in [-0.4, -0.2) is 25.7 Å². The molecule has 0 fully saturated rings. The summed E-state index contributed by atoms with van der Waals surface area (Å²) in [4.78, 5) is 30.5. The topological polar surface area (TPSA) is 93.8 Å². The lowest BCUT2D eigenvalue weighted by molar-refractivity contribution is 0.0958. The normalized spacial score (nSPS) is 16.1. The van der Waals surface area contributed by atoms with E-state index in [0.717, 1.165) is 27.9 Å². The van der Waals surface area contributed by atoms with Crippen molar-refractivity contribution in [3.8, 4) is 0 Å². The van der Waals surface area contributed by atoms with Crippen LogP contribution >= 0.6 is 0 Å². The molecule has 0 aliphatic heterocycles. The molecule has 5 rings (SSSR count). The van der Waals surface area contributed by atoms with E-state index in [1.807, 2.05) is 44.2 Å². The Morgan fingerprint density at radius 2 is 1.97 bits per heavy atom. The van der Waals surface area contributed by atoms with Crippen LogP contribution in [0.2, 0.25) is 0 Å². The van der Waals surface area contributed by atoms with Gasteiger partial charge in [-0.3, -0.25) is 10.1 Å². The first-order valence-corrected chi connectivity index (χ1v) is 9.51. The maximum Gasteiger partial charge on any atom is 0.230 e. The molecule has 3 aromatic heterocycles. The summed E-state index contributed by atoms with van der Waals surface area (Å²) in [6.45, 7) is 3.98. The zero-order valence-corrected chi connectivity index (χ0v) is 16.1. The van der Waals surface area contributed by atoms with Gasteiger partial charge in [0.2, 0.25) is 11.9 Å². The van der Waals surface area contributed by atoms with Crippen LogP contribution < -0.4 is 5.32 Å². The van der Waals surface area contributed by atoms with Crippen molar-refractivity contribution < 1.29 is 9.21 Å². The number of Topliss-reactive ketones (excluding diaryl/α,β-unsaturated/α-hetero) is 1. The number of fused-ring (bicyclic) bond motifs is 2. The molecule has 144 valence electrons. The van der Waals surface area contributed by atoms with Crippen LogP contribution in [0.3, 0.4) is 0 Å². The molecule has 1 N–H and O–H groups in total. The fourth-order valence-corrected chi connectivity index (χ4v) is 3.78. The van der Waals surface area contributed by atoms with Crippen LogP contribution in [0.15, 0.2) is 47.2 Å². The molecule has 1 atom stereocenters. The van der Waals surface area contributed by atoms with Crippen LogP contribution in [0.25, 0.3) is 10.9 Å². The van der Waals surface area contributed by atoms with E-state index in [4.69, 9.17) is 4.42 Å². The Morgan fingerprint density at radius 1 is 1.07 bits per heavy atom. The minimum Gasteiger partial charge on any atom is -0.469 e. The van der Waals surface area contributed by atoms with Gasteiger partial charge < -0.3 is 4.42 Å². The largest absolute Gasteiger partial charge is 0.469 e. The number of furan rings is 1. The molecule has 0 unspecified atom stereocenters. The first kappa shape index (κ1) is 17.5. The summed E-state index contributed by atoms with van der Waals surface area (Å²) in [5.74, 6) is 1.65. The quantitative estimate of drug-likeness (QED) is 0.562. The summed E-state index contributed by atoms with van der Waals surface area (Å²) in [5, 5.41) is 4.11. The molecule has 0 spiro atoms. The summed E-state index contributed by atoms with van der Waals surface area (Å²) >= 11 is 0. The Balaban J connectivity index is 1.47. The molecule has 1 aliphatic rings. The molecule has 3 heterocycles. The third-order valence-electron chi connectivity index (χ3n) is 5.25. The van der Waals surface area contributed by atoms with Crippen LogP contribution in [0.5, 0.6) is 0 Å². The highest BCUT2D eigenvalue weighted by atomic mass is 16.3. The van der Waals surface area contributed by atoms with Crippen molar-refractivity contribution in [3.05, 3.63) is 71.1 Å². The lowest BCUT2D eigenvalue weighted by Crippen LogP contribution is -2.21. The summed E-state index contributed by atoms with van der Waals surface area (Å²) in [6.07, 6.45) is 4.25. The van der Waals surface area contributed by atoms with Crippen LogP contribution in [0, 0.1) is 13.8 Å². The van der Waals surface area contributed by atoms with E-state index in [1.54, 1.807) is 12.5 Å². The fraction of sp³-hybridized carbons (Fsp3) is 0.227. The molecule has 0 saturated heterocycles. The van der Waals surface area contributed by atoms with Gasteiger partial charge in [-0.05, 0) is 37.6 Å². The van der Waals surface area contributed by atoms with Gasteiger partial charge >= 0.3 is 0 Å². The van der Waals surface area contributed by atoms with Gasteiger partial charge in [0, 0.05) is 30.3 Å². The van der Waals surface area contributed by atoms with E-state index < -0.39 is 0 Å². The van der Waals surface area contributed by atoms with Gasteiger partial charge in [0.1, 0.15) is 5.76 Å². The molecular formula is C22H19N5O2. The van der Waals surface area contributed by atoms with Crippen LogP contribution in [0.1, 0.15) is 45.4 Å². The Hall–Kier alpha value is -3.61. The van der Waals surface area contributed by atoms with E-state index in [0.29, 0.717) is 36.0 Å². The number of carbonyl (C=O) groups excluding carboxylic acids is 1. The van der Waals surface area contributed by atoms with Gasteiger partial charge in [0.25, 0.3) is 0 Å². The van der Waals surface area contributed by atoms with Gasteiger partial charge in [-0.15, -0.1) is 0 Å². The van der Waals surface area contributed by atoms with Gasteiger partial charge in [0.05, 0.1) is 28.7 Å². The van der Waals surface area contributed by atoms with Crippen molar-refractivity contribution in [3.63, 3.8) is 0 Å². The third-order valence-corrected chi connectivity index (χ3v) is 5.25. The number of hydrogen-bond donors (Lipinski definition) is 1. The van der Waals surface area contributed by atoms with Gasteiger partial charge in [0.15, 0.2) is 5.78 Å². The van der Waals surface area contributed by atoms with Gasteiger partial charge in [-0.1, -0.05) is 12.1 Å². The number of benzene rings is 1. The lowest BCUT2D eigenvalue weighted by Gasteiger charge is -2.21. The number of aryl methyl sites for hydroxylation is 2. The van der Waals surface area contributed by atoms with Crippen molar-refractivity contribution in [2.24, 2.45) is 0 Å². The minimum absolute atomic E-state index is 0.00473. The Labute approximate surface area is 167 Å². The van der Waals surface area contributed by atoms with E-state index in [1.165, 1.54) is 0 Å². The molecule has 1 aliphatic carbocycles. The molecule has 0 bridgehead atoms. The molecule has 4 aromatic rings. The third kappa shape index (κ3) is 3.24. The van der Waals surface area contributed by atoms with Crippen molar-refractivity contribution in [2.45, 2.75) is 32.6 Å². The number of nitrogens with zero attached hydrogens (tertiary/aromatic N) is 4. The number of aromatic nitrogens is 4. The average molecular weight is 385 g/mol. The predicted molar refractivity (Wildman–Crippen MR) is 108 cm³/mol. The monoisotopic (exact) mass is 385 g/mol. The smallest absolute Gasteiger partial charge is 0.230 e. The first-order valence-electron chi connectivity index (χ1n) is 9.51. The number of anilines is 2. The highest BCUT2D eigenvalue weighted by Gasteiger charge is 2.29. The zero-order chi connectivity index (χ0) is 20.0. The highest BCUT2D eigenvalue weighted by Crippen LogP contribution is 2.32. The first-order chi connectivity index (χ1) is 14.1. The zero-order valence-electron chi connectivity index (χ0n) is 16.1. The number of rotatable bonds is 3. The van der Waals surface area contributed by atoms with Crippen molar-refractivity contribution >= 4 is 28.6 Å². The number of ketones is 1. The fourth-order valence-electron chi connectivity index (χ4n) is 3.78. The highest BCUT2D eigenvalue weighted by molar-refractivity contribution is 5.98. The van der Waals surface area contributed by atoms with Crippen molar-refractivity contribution in [1.29, 1.82) is 0 Å². The molecular weight excluding hydrogens is 366 g/mol. The Morgan fingerprint density at radius 3 is 2.79 bits per heavy atom. The standard InChI is InChI=1S/C22H19N5O2/c1-12-5-6-15-13(2)24-22(26-17(15)8-12)27-21-23-11-16-18(25-21)9-14(10-19(16)28)20-4-3-7-29-20/h3-8,11,14H,9-10H2,1-2H3,(H,23,24,25,26,27)/t14-/m0/s1. The number of carbonyl (C=O) groups is 1. The Bertz CT molecular complexity index is 1230. The van der Waals surface area contributed by atoms with Crippen LogP contribution in [-0.2, 0) is 6.42 Å². The van der Waals surface area contributed by atoms with E-state index in [2.05, 4.69) is 25.3 Å². The molecule has 7 heteroatoms. The molecule has 29 heavy (non-hydrogen) atoms. The number of nitrogens with one attached hydrogen (secondary N) is 1. The molecule has 1 aromatic carbocycles. The van der Waals surface area contributed by atoms with Gasteiger partial charge in [-0.2, -0.15) is 0 Å². The molecule has 0 amide bonds.